The van der Waals surface area contributed by atoms with E-state index in [9.17, 15) is 19.2 Å². The van der Waals surface area contributed by atoms with Crippen LogP contribution in [-0.2, 0) is 25.6 Å². The van der Waals surface area contributed by atoms with Gasteiger partial charge >= 0.3 is 5.97 Å². The van der Waals surface area contributed by atoms with E-state index in [1.807, 2.05) is 6.26 Å². The number of hydrogen-bond donors (Lipinski definition) is 6. The lowest BCUT2D eigenvalue weighted by Gasteiger charge is -2.29. The second-order valence-electron chi connectivity index (χ2n) is 7.50. The van der Waals surface area contributed by atoms with Gasteiger partial charge in [0.1, 0.15) is 18.1 Å². The maximum atomic E-state index is 13.3. The molecule has 7 N–H and O–H groups in total. The maximum Gasteiger partial charge on any atom is 0.328 e. The minimum Gasteiger partial charge on any atom is -0.480 e. The average molecular weight is 471 g/mol. The number of carboxylic acids is 1. The Morgan fingerprint density at radius 2 is 2.09 bits per heavy atom. The van der Waals surface area contributed by atoms with E-state index in [1.54, 1.807) is 11.8 Å². The van der Waals surface area contributed by atoms with E-state index in [2.05, 4.69) is 20.6 Å². The summed E-state index contributed by atoms with van der Waals surface area (Å²) in [6.07, 6.45) is 6.35. The number of aliphatic hydroxyl groups excluding tert-OH is 1. The van der Waals surface area contributed by atoms with Crippen LogP contribution in [0.4, 0.5) is 0 Å². The van der Waals surface area contributed by atoms with Gasteiger partial charge in [-0.25, -0.2) is 9.78 Å². The number of carbonyl (C=O) groups excluding carboxylic acids is 3. The SMILES string of the molecule is CSCCC(N)C(=O)NC(Cc1cnc[nH]1)C(=O)N1CCCC1C(=O)NC(CO)C(=O)O. The third-order valence-electron chi connectivity index (χ3n) is 5.20. The topological polar surface area (TPSA) is 191 Å². The third-order valence-corrected chi connectivity index (χ3v) is 5.84. The van der Waals surface area contributed by atoms with Crippen molar-refractivity contribution >= 4 is 35.5 Å². The van der Waals surface area contributed by atoms with Crippen LogP contribution in [0.25, 0.3) is 0 Å². The van der Waals surface area contributed by atoms with Crippen molar-refractivity contribution in [3.05, 3.63) is 18.2 Å². The molecule has 4 unspecified atom stereocenters. The second kappa shape index (κ2) is 12.4. The molecule has 0 bridgehead atoms. The minimum atomic E-state index is -1.46. The predicted octanol–water partition coefficient (Wildman–Crippen LogP) is -1.93. The highest BCUT2D eigenvalue weighted by Gasteiger charge is 2.39. The molecule has 4 atom stereocenters. The van der Waals surface area contributed by atoms with Crippen LogP contribution in [0.1, 0.15) is 25.0 Å². The van der Waals surface area contributed by atoms with Gasteiger partial charge in [-0.1, -0.05) is 0 Å². The fourth-order valence-electron chi connectivity index (χ4n) is 3.43. The first kappa shape index (κ1) is 25.6. The summed E-state index contributed by atoms with van der Waals surface area (Å²) < 4.78 is 0. The molecule has 1 fully saturated rings. The molecule has 178 valence electrons. The Hall–Kier alpha value is -2.64. The summed E-state index contributed by atoms with van der Waals surface area (Å²) in [5.74, 6) is -2.29. The number of nitrogens with two attached hydrogens (primary N) is 1. The van der Waals surface area contributed by atoms with Crippen LogP contribution in [0.15, 0.2) is 12.5 Å². The summed E-state index contributed by atoms with van der Waals surface area (Å²) in [7, 11) is 0. The zero-order valence-corrected chi connectivity index (χ0v) is 18.6. The van der Waals surface area contributed by atoms with Crippen LogP contribution in [0, 0.1) is 0 Å². The summed E-state index contributed by atoms with van der Waals surface area (Å²) in [5, 5.41) is 23.2. The van der Waals surface area contributed by atoms with Crippen LogP contribution in [0.2, 0.25) is 0 Å². The molecule has 2 heterocycles. The monoisotopic (exact) mass is 470 g/mol. The molecule has 3 amide bonds. The lowest BCUT2D eigenvalue weighted by molar-refractivity contribution is -0.145. The molecule has 1 aromatic rings. The molecule has 0 aliphatic carbocycles. The van der Waals surface area contributed by atoms with Crippen molar-refractivity contribution < 1.29 is 29.4 Å². The number of likely N-dealkylation sites (tertiary alicyclic amines) is 1. The Morgan fingerprint density at radius 1 is 1.34 bits per heavy atom. The fraction of sp³-hybridized carbons (Fsp3) is 0.632. The van der Waals surface area contributed by atoms with Crippen LogP contribution < -0.4 is 16.4 Å². The lowest BCUT2D eigenvalue weighted by Crippen LogP contribution is -2.57. The van der Waals surface area contributed by atoms with Gasteiger partial charge in [0.2, 0.25) is 17.7 Å². The van der Waals surface area contributed by atoms with Gasteiger partial charge in [-0.2, -0.15) is 11.8 Å². The molecule has 1 saturated heterocycles. The highest BCUT2D eigenvalue weighted by atomic mass is 32.2. The number of nitrogens with one attached hydrogen (secondary N) is 3. The Labute approximate surface area is 189 Å². The standard InChI is InChI=1S/C19H30N6O6S/c1-32-6-4-12(20)16(27)23-13(7-11-8-21-10-22-11)18(29)25-5-2-3-15(25)17(28)24-14(9-26)19(30)31/h8,10,12-15,26H,2-7,9,20H2,1H3,(H,21,22)(H,23,27)(H,24,28)(H,30,31). The lowest BCUT2D eigenvalue weighted by atomic mass is 10.1. The molecule has 1 aromatic heterocycles. The zero-order valence-electron chi connectivity index (χ0n) is 17.8. The van der Waals surface area contributed by atoms with Crippen molar-refractivity contribution in [3.8, 4) is 0 Å². The zero-order chi connectivity index (χ0) is 23.7. The quantitative estimate of drug-likeness (QED) is 0.202. The summed E-state index contributed by atoms with van der Waals surface area (Å²) in [6.45, 7) is -0.490. The van der Waals surface area contributed by atoms with Crippen molar-refractivity contribution in [1.82, 2.24) is 25.5 Å². The summed E-state index contributed by atoms with van der Waals surface area (Å²) >= 11 is 1.56. The number of aromatic amines is 1. The van der Waals surface area contributed by atoms with Crippen molar-refractivity contribution in [2.24, 2.45) is 5.73 Å². The Kier molecular flexibility index (Phi) is 9.94. The number of carbonyl (C=O) groups is 4. The first-order chi connectivity index (χ1) is 15.3. The van der Waals surface area contributed by atoms with E-state index in [1.165, 1.54) is 17.4 Å². The molecule has 0 radical (unpaired) electrons. The summed E-state index contributed by atoms with van der Waals surface area (Å²) in [4.78, 5) is 57.8. The number of rotatable bonds is 12. The van der Waals surface area contributed by atoms with Gasteiger partial charge in [-0.15, -0.1) is 0 Å². The van der Waals surface area contributed by atoms with Crippen LogP contribution >= 0.6 is 11.8 Å². The largest absolute Gasteiger partial charge is 0.480 e. The Balaban J connectivity index is 2.14. The molecule has 1 aliphatic heterocycles. The normalized spacial score (nSPS) is 18.6. The average Bonchev–Trinajstić information content (AvgIpc) is 3.46. The first-order valence-electron chi connectivity index (χ1n) is 10.2. The van der Waals surface area contributed by atoms with Crippen molar-refractivity contribution in [2.75, 3.05) is 25.2 Å². The minimum absolute atomic E-state index is 0.124. The summed E-state index contributed by atoms with van der Waals surface area (Å²) in [6, 6.07) is -4.12. The van der Waals surface area contributed by atoms with E-state index in [0.29, 0.717) is 30.7 Å². The Bertz CT molecular complexity index is 791. The number of thioether (sulfide) groups is 1. The Morgan fingerprint density at radius 3 is 2.69 bits per heavy atom. The van der Waals surface area contributed by atoms with Crippen molar-refractivity contribution in [2.45, 2.75) is 49.9 Å². The van der Waals surface area contributed by atoms with E-state index < -0.39 is 54.5 Å². The third kappa shape index (κ3) is 6.93. The van der Waals surface area contributed by atoms with Gasteiger partial charge in [0, 0.05) is 24.9 Å². The number of aliphatic carboxylic acids is 1. The van der Waals surface area contributed by atoms with Gasteiger partial charge in [0.25, 0.3) is 0 Å². The smallest absolute Gasteiger partial charge is 0.328 e. The van der Waals surface area contributed by atoms with Gasteiger partial charge in [-0.3, -0.25) is 14.4 Å². The van der Waals surface area contributed by atoms with E-state index in [4.69, 9.17) is 15.9 Å². The van der Waals surface area contributed by atoms with Gasteiger partial charge in [-0.05, 0) is 31.3 Å². The molecular weight excluding hydrogens is 440 g/mol. The highest BCUT2D eigenvalue weighted by molar-refractivity contribution is 7.98. The molecule has 12 nitrogen and oxygen atoms in total. The van der Waals surface area contributed by atoms with Crippen LogP contribution in [0.5, 0.6) is 0 Å². The summed E-state index contributed by atoms with van der Waals surface area (Å²) in [5.41, 5.74) is 6.56. The number of amides is 3. The molecule has 32 heavy (non-hydrogen) atoms. The van der Waals surface area contributed by atoms with E-state index >= 15 is 0 Å². The number of aliphatic hydroxyl groups is 1. The molecule has 13 heteroatoms. The van der Waals surface area contributed by atoms with Crippen molar-refractivity contribution in [1.29, 1.82) is 0 Å². The van der Waals surface area contributed by atoms with E-state index in [0.717, 1.165) is 0 Å². The number of nitrogens with zero attached hydrogens (tertiary/aromatic N) is 2. The van der Waals surface area contributed by atoms with E-state index in [-0.39, 0.29) is 13.0 Å². The second-order valence-corrected chi connectivity index (χ2v) is 8.49. The van der Waals surface area contributed by atoms with Gasteiger partial charge in [0.15, 0.2) is 0 Å². The number of aromatic nitrogens is 2. The molecule has 1 aliphatic rings. The molecule has 0 aromatic carbocycles. The fourth-order valence-corrected chi connectivity index (χ4v) is 3.92. The van der Waals surface area contributed by atoms with Gasteiger partial charge in [0.05, 0.1) is 19.0 Å². The van der Waals surface area contributed by atoms with Crippen LogP contribution in [-0.4, -0.2) is 98.1 Å². The number of carboxylic acid groups (broad SMARTS) is 1. The van der Waals surface area contributed by atoms with Crippen molar-refractivity contribution in [3.63, 3.8) is 0 Å². The molecular formula is C19H30N6O6S. The molecule has 0 saturated carbocycles. The van der Waals surface area contributed by atoms with Gasteiger partial charge < -0.3 is 36.5 Å². The number of H-pyrrole nitrogens is 1. The number of imidazole rings is 1. The molecule has 2 rings (SSSR count). The van der Waals surface area contributed by atoms with Crippen LogP contribution in [0.3, 0.4) is 0 Å². The maximum absolute atomic E-state index is 13.3. The predicted molar refractivity (Wildman–Crippen MR) is 117 cm³/mol. The first-order valence-corrected chi connectivity index (χ1v) is 11.6. The highest BCUT2D eigenvalue weighted by Crippen LogP contribution is 2.20. The number of hydrogen-bond acceptors (Lipinski definition) is 8. The molecule has 0 spiro atoms.